The number of aromatic nitrogens is 2. The molecule has 4 aromatic rings. The van der Waals surface area contributed by atoms with E-state index in [9.17, 15) is 22.8 Å². The summed E-state index contributed by atoms with van der Waals surface area (Å²) in [4.78, 5) is 39.9. The third kappa shape index (κ3) is 4.59. The Kier molecular flexibility index (Phi) is 6.03. The zero-order valence-corrected chi connectivity index (χ0v) is 19.4. The number of aromatic amines is 1. The first-order chi connectivity index (χ1) is 16.0. The van der Waals surface area contributed by atoms with Gasteiger partial charge in [0.15, 0.2) is 0 Å². The van der Waals surface area contributed by atoms with Crippen molar-refractivity contribution in [1.29, 1.82) is 0 Å². The molecule has 0 saturated carbocycles. The predicted molar refractivity (Wildman–Crippen MR) is 129 cm³/mol. The van der Waals surface area contributed by atoms with Crippen LogP contribution >= 0.6 is 11.6 Å². The highest BCUT2D eigenvalue weighted by Crippen LogP contribution is 2.36. The fourth-order valence-electron chi connectivity index (χ4n) is 3.79. The van der Waals surface area contributed by atoms with Crippen molar-refractivity contribution in [1.82, 2.24) is 14.3 Å². The van der Waals surface area contributed by atoms with Gasteiger partial charge in [0.05, 0.1) is 6.26 Å². The van der Waals surface area contributed by atoms with E-state index < -0.39 is 27.4 Å². The highest BCUT2D eigenvalue weighted by atomic mass is 35.5. The summed E-state index contributed by atoms with van der Waals surface area (Å²) in [5, 5.41) is 0.871. The topological polar surface area (TPSA) is 144 Å². The number of hydrogen-bond acceptors (Lipinski definition) is 5. The maximum absolute atomic E-state index is 13.3. The number of hydrogen-bond donors (Lipinski definition) is 3. The van der Waals surface area contributed by atoms with E-state index in [1.165, 1.54) is 12.3 Å². The summed E-state index contributed by atoms with van der Waals surface area (Å²) in [6.07, 6.45) is 2.32. The van der Waals surface area contributed by atoms with E-state index in [2.05, 4.69) is 4.98 Å². The monoisotopic (exact) mass is 498 g/mol. The van der Waals surface area contributed by atoms with E-state index in [-0.39, 0.29) is 23.4 Å². The summed E-state index contributed by atoms with van der Waals surface area (Å²) in [6, 6.07) is 14.5. The molecule has 9 nitrogen and oxygen atoms in total. The molecule has 0 unspecified atom stereocenters. The standard InChI is InChI=1S/C23H19ClN4O5S/c1-34(32,33)27-23(31)20-19(16-3-2-10-26-22(16)30)17-11-15(24)8-9-18(17)28(20)12-13-4-6-14(7-5-13)21(25)29/h2-11H,12H2,1H3,(H2,25,29)(H,26,30)(H,27,31). The summed E-state index contributed by atoms with van der Waals surface area (Å²) in [7, 11) is -3.91. The minimum absolute atomic E-state index is 0.0293. The van der Waals surface area contributed by atoms with Crippen LogP contribution in [0.4, 0.5) is 0 Å². The summed E-state index contributed by atoms with van der Waals surface area (Å²) in [6.45, 7) is 0.133. The smallest absolute Gasteiger partial charge is 0.282 e. The first-order valence-corrected chi connectivity index (χ1v) is 12.2. The fourth-order valence-corrected chi connectivity index (χ4v) is 4.40. The lowest BCUT2D eigenvalue weighted by molar-refractivity contribution is 0.0971. The number of rotatable bonds is 6. The van der Waals surface area contributed by atoms with Crippen molar-refractivity contribution in [3.05, 3.63) is 93.0 Å². The third-order valence-electron chi connectivity index (χ3n) is 5.19. The number of nitrogens with one attached hydrogen (secondary N) is 2. The molecule has 0 fully saturated rings. The van der Waals surface area contributed by atoms with Crippen LogP contribution in [0, 0.1) is 0 Å². The highest BCUT2D eigenvalue weighted by Gasteiger charge is 2.27. The largest absolute Gasteiger partial charge is 0.366 e. The summed E-state index contributed by atoms with van der Waals surface area (Å²) in [5.41, 5.74) is 6.83. The van der Waals surface area contributed by atoms with Crippen molar-refractivity contribution in [2.45, 2.75) is 6.54 Å². The molecule has 0 aliphatic carbocycles. The van der Waals surface area contributed by atoms with Crippen LogP contribution in [-0.2, 0) is 16.6 Å². The second kappa shape index (κ2) is 8.81. The van der Waals surface area contributed by atoms with Gasteiger partial charge in [0.1, 0.15) is 5.69 Å². The number of nitrogens with zero attached hydrogens (tertiary/aromatic N) is 1. The average molecular weight is 499 g/mol. The van der Waals surface area contributed by atoms with Crippen molar-refractivity contribution >= 4 is 44.3 Å². The number of carbonyl (C=O) groups is 2. The molecule has 4 N–H and O–H groups in total. The van der Waals surface area contributed by atoms with E-state index >= 15 is 0 Å². The van der Waals surface area contributed by atoms with Gasteiger partial charge in [-0.25, -0.2) is 13.1 Å². The number of H-pyrrole nitrogens is 1. The van der Waals surface area contributed by atoms with Crippen molar-refractivity contribution in [2.24, 2.45) is 5.73 Å². The molecule has 2 amide bonds. The number of carbonyl (C=O) groups excluding carboxylic acids is 2. The maximum Gasteiger partial charge on any atom is 0.282 e. The van der Waals surface area contributed by atoms with Gasteiger partial charge < -0.3 is 15.3 Å². The van der Waals surface area contributed by atoms with Crippen molar-refractivity contribution < 1.29 is 18.0 Å². The van der Waals surface area contributed by atoms with Gasteiger partial charge in [-0.15, -0.1) is 0 Å². The number of sulfonamides is 1. The quantitative estimate of drug-likeness (QED) is 0.374. The number of amides is 2. The SMILES string of the molecule is CS(=O)(=O)NC(=O)c1c(-c2ccc[nH]c2=O)c2cc(Cl)ccc2n1Cc1ccc(C(N)=O)cc1. The lowest BCUT2D eigenvalue weighted by atomic mass is 10.0. The third-order valence-corrected chi connectivity index (χ3v) is 5.98. The number of fused-ring (bicyclic) bond motifs is 1. The second-order valence-electron chi connectivity index (χ2n) is 7.65. The molecule has 0 spiro atoms. The van der Waals surface area contributed by atoms with E-state index in [1.807, 2.05) is 4.72 Å². The van der Waals surface area contributed by atoms with Gasteiger partial charge in [-0.3, -0.25) is 14.4 Å². The number of benzene rings is 2. The molecular formula is C23H19ClN4O5S. The Morgan fingerprint density at radius 2 is 1.82 bits per heavy atom. The van der Waals surface area contributed by atoms with Gasteiger partial charge in [-0.05, 0) is 48.0 Å². The van der Waals surface area contributed by atoms with Crippen LogP contribution in [-0.4, -0.2) is 36.0 Å². The molecule has 0 aliphatic heterocycles. The molecule has 2 aromatic carbocycles. The van der Waals surface area contributed by atoms with Crippen LogP contribution in [0.2, 0.25) is 5.02 Å². The van der Waals surface area contributed by atoms with Crippen LogP contribution in [0.3, 0.4) is 0 Å². The van der Waals surface area contributed by atoms with Gasteiger partial charge in [-0.1, -0.05) is 23.7 Å². The molecule has 0 aliphatic rings. The van der Waals surface area contributed by atoms with Crippen LogP contribution in [0.1, 0.15) is 26.4 Å². The van der Waals surface area contributed by atoms with Crippen LogP contribution in [0.25, 0.3) is 22.0 Å². The molecule has 174 valence electrons. The van der Waals surface area contributed by atoms with Crippen molar-refractivity contribution in [3.63, 3.8) is 0 Å². The summed E-state index contributed by atoms with van der Waals surface area (Å²) < 4.78 is 27.4. The molecule has 34 heavy (non-hydrogen) atoms. The normalized spacial score (nSPS) is 11.5. The molecule has 11 heteroatoms. The molecule has 0 atom stereocenters. The molecule has 2 heterocycles. The first kappa shape index (κ1) is 23.3. The maximum atomic E-state index is 13.3. The second-order valence-corrected chi connectivity index (χ2v) is 9.83. The Hall–Kier alpha value is -3.89. The van der Waals surface area contributed by atoms with Crippen LogP contribution in [0.15, 0.2) is 65.6 Å². The fraction of sp³-hybridized carbons (Fsp3) is 0.0870. The zero-order valence-electron chi connectivity index (χ0n) is 17.8. The zero-order chi connectivity index (χ0) is 24.6. The predicted octanol–water partition coefficient (Wildman–Crippen LogP) is 2.49. The van der Waals surface area contributed by atoms with Crippen molar-refractivity contribution in [2.75, 3.05) is 6.26 Å². The molecule has 0 saturated heterocycles. The summed E-state index contributed by atoms with van der Waals surface area (Å²) in [5.74, 6) is -1.48. The van der Waals surface area contributed by atoms with E-state index in [0.29, 0.717) is 27.1 Å². The first-order valence-electron chi connectivity index (χ1n) is 9.96. The highest BCUT2D eigenvalue weighted by molar-refractivity contribution is 7.89. The van der Waals surface area contributed by atoms with Gasteiger partial charge >= 0.3 is 0 Å². The minimum Gasteiger partial charge on any atom is -0.366 e. The molecule has 0 radical (unpaired) electrons. The lowest BCUT2D eigenvalue weighted by Gasteiger charge is -2.12. The molecular weight excluding hydrogens is 480 g/mol. The minimum atomic E-state index is -3.91. The van der Waals surface area contributed by atoms with E-state index in [0.717, 1.165) is 6.26 Å². The Balaban J connectivity index is 2.03. The van der Waals surface area contributed by atoms with Gasteiger partial charge in [0.2, 0.25) is 15.9 Å². The summed E-state index contributed by atoms with van der Waals surface area (Å²) >= 11 is 6.24. The van der Waals surface area contributed by atoms with E-state index in [1.54, 1.807) is 53.1 Å². The molecule has 2 aromatic heterocycles. The Morgan fingerprint density at radius 1 is 1.12 bits per heavy atom. The Morgan fingerprint density at radius 3 is 2.44 bits per heavy atom. The number of pyridine rings is 1. The number of halogens is 1. The van der Waals surface area contributed by atoms with Gasteiger partial charge in [0.25, 0.3) is 11.5 Å². The van der Waals surface area contributed by atoms with Crippen molar-refractivity contribution in [3.8, 4) is 11.1 Å². The van der Waals surface area contributed by atoms with Crippen LogP contribution < -0.4 is 16.0 Å². The Bertz CT molecular complexity index is 1600. The van der Waals surface area contributed by atoms with E-state index in [4.69, 9.17) is 17.3 Å². The number of nitrogens with two attached hydrogens (primary N) is 1. The molecule has 0 bridgehead atoms. The van der Waals surface area contributed by atoms with Gasteiger partial charge in [-0.2, -0.15) is 0 Å². The average Bonchev–Trinajstić information content (AvgIpc) is 3.06. The number of primary amides is 1. The lowest BCUT2D eigenvalue weighted by Crippen LogP contribution is -2.31. The Labute approximate surface area is 199 Å². The van der Waals surface area contributed by atoms with Crippen LogP contribution in [0.5, 0.6) is 0 Å². The molecule has 4 rings (SSSR count). The van der Waals surface area contributed by atoms with Gasteiger partial charge in [0, 0.05) is 45.4 Å².